The van der Waals surface area contributed by atoms with Crippen LogP contribution in [0, 0.1) is 20.8 Å². The van der Waals surface area contributed by atoms with Crippen LogP contribution in [0.2, 0.25) is 0 Å². The minimum atomic E-state index is -0.108. The van der Waals surface area contributed by atoms with Crippen LogP contribution in [0.1, 0.15) is 26.7 Å². The number of rotatable bonds is 4. The third kappa shape index (κ3) is 3.31. The second-order valence-electron chi connectivity index (χ2n) is 6.33. The zero-order chi connectivity index (χ0) is 19.0. The minimum absolute atomic E-state index is 0.108. The zero-order valence-electron chi connectivity index (χ0n) is 15.3. The van der Waals surface area contributed by atoms with Crippen LogP contribution < -0.4 is 5.32 Å². The molecule has 3 aromatic heterocycles. The van der Waals surface area contributed by atoms with Crippen LogP contribution in [-0.2, 0) is 0 Å². The lowest BCUT2D eigenvalue weighted by Crippen LogP contribution is -2.14. The van der Waals surface area contributed by atoms with Gasteiger partial charge in [-0.25, -0.2) is 4.98 Å². The molecule has 0 spiro atoms. The third-order valence-electron chi connectivity index (χ3n) is 4.48. The predicted octanol–water partition coefficient (Wildman–Crippen LogP) is 5.37. The Balaban J connectivity index is 1.60. The SMILES string of the molecule is Cc1ncc(-c2ccc(NC(=O)c3c(-n4cccc4)sc(C)c3C)cc2)o1. The number of nitrogens with zero attached hydrogens (tertiary/aromatic N) is 2. The highest BCUT2D eigenvalue weighted by molar-refractivity contribution is 7.15. The lowest BCUT2D eigenvalue weighted by molar-refractivity contribution is 0.102. The van der Waals surface area contributed by atoms with Crippen molar-refractivity contribution < 1.29 is 9.21 Å². The summed E-state index contributed by atoms with van der Waals surface area (Å²) in [6, 6.07) is 11.5. The second-order valence-corrected chi connectivity index (χ2v) is 7.53. The van der Waals surface area contributed by atoms with Gasteiger partial charge in [0.2, 0.25) is 0 Å². The number of nitrogens with one attached hydrogen (secondary N) is 1. The van der Waals surface area contributed by atoms with Gasteiger partial charge in [-0.1, -0.05) is 0 Å². The van der Waals surface area contributed by atoms with Crippen molar-refractivity contribution in [1.29, 1.82) is 0 Å². The quantitative estimate of drug-likeness (QED) is 0.520. The van der Waals surface area contributed by atoms with E-state index in [9.17, 15) is 4.79 Å². The van der Waals surface area contributed by atoms with Crippen molar-refractivity contribution in [2.75, 3.05) is 5.32 Å². The van der Waals surface area contributed by atoms with E-state index >= 15 is 0 Å². The smallest absolute Gasteiger partial charge is 0.258 e. The predicted molar refractivity (Wildman–Crippen MR) is 108 cm³/mol. The molecule has 0 fully saturated rings. The third-order valence-corrected chi connectivity index (χ3v) is 5.70. The van der Waals surface area contributed by atoms with Crippen LogP contribution in [-0.4, -0.2) is 15.5 Å². The van der Waals surface area contributed by atoms with Gasteiger partial charge in [0.05, 0.1) is 11.8 Å². The summed E-state index contributed by atoms with van der Waals surface area (Å²) in [5.74, 6) is 1.23. The Labute approximate surface area is 161 Å². The van der Waals surface area contributed by atoms with Crippen molar-refractivity contribution in [1.82, 2.24) is 9.55 Å². The molecule has 4 aromatic rings. The number of aryl methyl sites for hydroxylation is 2. The van der Waals surface area contributed by atoms with E-state index in [1.165, 1.54) is 0 Å². The van der Waals surface area contributed by atoms with Crippen molar-refractivity contribution in [2.45, 2.75) is 20.8 Å². The Hall–Kier alpha value is -3.12. The lowest BCUT2D eigenvalue weighted by Gasteiger charge is -2.09. The summed E-state index contributed by atoms with van der Waals surface area (Å²) in [6.45, 7) is 5.84. The van der Waals surface area contributed by atoms with Gasteiger partial charge in [-0.2, -0.15) is 0 Å². The molecule has 136 valence electrons. The topological polar surface area (TPSA) is 60.1 Å². The molecule has 1 N–H and O–H groups in total. The van der Waals surface area contributed by atoms with Crippen LogP contribution in [0.15, 0.2) is 59.4 Å². The summed E-state index contributed by atoms with van der Waals surface area (Å²) < 4.78 is 7.52. The Bertz CT molecular complexity index is 1090. The molecule has 1 aromatic carbocycles. The average molecular weight is 377 g/mol. The second kappa shape index (κ2) is 6.89. The molecule has 1 amide bonds. The molecule has 0 aliphatic carbocycles. The monoisotopic (exact) mass is 377 g/mol. The number of hydrogen-bond donors (Lipinski definition) is 1. The molecule has 0 aliphatic heterocycles. The van der Waals surface area contributed by atoms with Crippen LogP contribution in [0.5, 0.6) is 0 Å². The highest BCUT2D eigenvalue weighted by Gasteiger charge is 2.20. The minimum Gasteiger partial charge on any atom is -0.441 e. The maximum atomic E-state index is 13.0. The Morgan fingerprint density at radius 3 is 2.44 bits per heavy atom. The van der Waals surface area contributed by atoms with E-state index in [0.717, 1.165) is 26.7 Å². The molecule has 0 radical (unpaired) electrons. The van der Waals surface area contributed by atoms with Crippen LogP contribution >= 0.6 is 11.3 Å². The molecule has 0 saturated heterocycles. The largest absolute Gasteiger partial charge is 0.441 e. The average Bonchev–Trinajstić information content (AvgIpc) is 3.38. The van der Waals surface area contributed by atoms with E-state index in [-0.39, 0.29) is 5.91 Å². The zero-order valence-corrected chi connectivity index (χ0v) is 16.1. The fourth-order valence-corrected chi connectivity index (χ4v) is 4.05. The Kier molecular flexibility index (Phi) is 4.41. The van der Waals surface area contributed by atoms with Gasteiger partial charge in [0, 0.05) is 35.4 Å². The van der Waals surface area contributed by atoms with Gasteiger partial charge in [0.25, 0.3) is 5.91 Å². The number of aromatic nitrogens is 2. The maximum absolute atomic E-state index is 13.0. The number of oxazole rings is 1. The summed E-state index contributed by atoms with van der Waals surface area (Å²) in [4.78, 5) is 18.2. The highest BCUT2D eigenvalue weighted by atomic mass is 32.1. The molecular formula is C21H19N3O2S. The van der Waals surface area contributed by atoms with Crippen molar-refractivity contribution in [2.24, 2.45) is 0 Å². The fourth-order valence-electron chi connectivity index (χ4n) is 2.93. The van der Waals surface area contributed by atoms with E-state index in [0.29, 0.717) is 17.2 Å². The molecular weight excluding hydrogens is 358 g/mol. The standard InChI is InChI=1S/C21H19N3O2S/c1-13-14(2)27-21(24-10-4-5-11-24)19(13)20(25)23-17-8-6-16(7-9-17)18-12-22-15(3)26-18/h4-12H,1-3H3,(H,23,25). The summed E-state index contributed by atoms with van der Waals surface area (Å²) >= 11 is 1.62. The summed E-state index contributed by atoms with van der Waals surface area (Å²) in [7, 11) is 0. The molecule has 3 heterocycles. The molecule has 0 saturated carbocycles. The lowest BCUT2D eigenvalue weighted by atomic mass is 10.1. The van der Waals surface area contributed by atoms with E-state index in [1.54, 1.807) is 17.5 Å². The first kappa shape index (κ1) is 17.3. The van der Waals surface area contributed by atoms with E-state index in [1.807, 2.05) is 74.1 Å². The summed E-state index contributed by atoms with van der Waals surface area (Å²) in [5.41, 5.74) is 3.38. The normalized spacial score (nSPS) is 10.9. The molecule has 6 heteroatoms. The number of benzene rings is 1. The van der Waals surface area contributed by atoms with Gasteiger partial charge in [-0.3, -0.25) is 4.79 Å². The molecule has 5 nitrogen and oxygen atoms in total. The molecule has 27 heavy (non-hydrogen) atoms. The number of thiophene rings is 1. The van der Waals surface area contributed by atoms with E-state index < -0.39 is 0 Å². The molecule has 0 aliphatic rings. The van der Waals surface area contributed by atoms with Crippen LogP contribution in [0.25, 0.3) is 16.3 Å². The maximum Gasteiger partial charge on any atom is 0.258 e. The van der Waals surface area contributed by atoms with Crippen molar-refractivity contribution in [3.8, 4) is 16.3 Å². The molecule has 0 unspecified atom stereocenters. The first-order valence-electron chi connectivity index (χ1n) is 8.60. The fraction of sp³-hybridized carbons (Fsp3) is 0.143. The van der Waals surface area contributed by atoms with Gasteiger partial charge in [0.1, 0.15) is 5.00 Å². The first-order chi connectivity index (χ1) is 13.0. The van der Waals surface area contributed by atoms with Crippen molar-refractivity contribution in [3.05, 3.63) is 76.9 Å². The molecule has 0 bridgehead atoms. The number of hydrogen-bond acceptors (Lipinski definition) is 4. The van der Waals surface area contributed by atoms with Crippen LogP contribution in [0.4, 0.5) is 5.69 Å². The number of carbonyl (C=O) groups is 1. The van der Waals surface area contributed by atoms with Gasteiger partial charge < -0.3 is 14.3 Å². The summed E-state index contributed by atoms with van der Waals surface area (Å²) in [5, 5.41) is 3.94. The first-order valence-corrected chi connectivity index (χ1v) is 9.42. The number of carbonyl (C=O) groups excluding carboxylic acids is 1. The Morgan fingerprint density at radius 1 is 1.11 bits per heavy atom. The number of amides is 1. The van der Waals surface area contributed by atoms with Gasteiger partial charge in [0.15, 0.2) is 11.7 Å². The van der Waals surface area contributed by atoms with Gasteiger partial charge in [-0.05, 0) is 55.8 Å². The van der Waals surface area contributed by atoms with Crippen LogP contribution in [0.3, 0.4) is 0 Å². The summed E-state index contributed by atoms with van der Waals surface area (Å²) in [6.07, 6.45) is 5.61. The van der Waals surface area contributed by atoms with E-state index in [4.69, 9.17) is 4.42 Å². The van der Waals surface area contributed by atoms with Gasteiger partial charge >= 0.3 is 0 Å². The van der Waals surface area contributed by atoms with Crippen molar-refractivity contribution in [3.63, 3.8) is 0 Å². The Morgan fingerprint density at radius 2 is 1.81 bits per heavy atom. The molecule has 0 atom stereocenters. The van der Waals surface area contributed by atoms with Gasteiger partial charge in [-0.15, -0.1) is 11.3 Å². The number of anilines is 1. The molecule has 4 rings (SSSR count). The van der Waals surface area contributed by atoms with E-state index in [2.05, 4.69) is 10.3 Å². The highest BCUT2D eigenvalue weighted by Crippen LogP contribution is 2.32. The van der Waals surface area contributed by atoms with Crippen molar-refractivity contribution >= 4 is 22.9 Å².